The van der Waals surface area contributed by atoms with Crippen molar-refractivity contribution < 1.29 is 19.4 Å². The number of aliphatic carboxylic acids is 1. The SMILES string of the molecule is COc1ccsc1C(=O)N1Cc2ccccc2C(C(=O)O)C1. The average molecular weight is 317 g/mol. The van der Waals surface area contributed by atoms with Gasteiger partial charge in [0, 0.05) is 13.1 Å². The highest BCUT2D eigenvalue weighted by molar-refractivity contribution is 7.12. The molecule has 6 heteroatoms. The van der Waals surface area contributed by atoms with Crippen LogP contribution in [-0.4, -0.2) is 35.5 Å². The van der Waals surface area contributed by atoms with Crippen molar-refractivity contribution in [2.45, 2.75) is 12.5 Å². The van der Waals surface area contributed by atoms with E-state index in [1.165, 1.54) is 18.4 Å². The van der Waals surface area contributed by atoms with Gasteiger partial charge in [-0.05, 0) is 22.6 Å². The highest BCUT2D eigenvalue weighted by atomic mass is 32.1. The molecule has 1 aromatic carbocycles. The zero-order chi connectivity index (χ0) is 15.7. The summed E-state index contributed by atoms with van der Waals surface area (Å²) in [7, 11) is 1.52. The van der Waals surface area contributed by atoms with Gasteiger partial charge in [0.2, 0.25) is 0 Å². The van der Waals surface area contributed by atoms with Crippen molar-refractivity contribution in [3.05, 3.63) is 51.7 Å². The van der Waals surface area contributed by atoms with Crippen LogP contribution in [0.5, 0.6) is 5.75 Å². The van der Waals surface area contributed by atoms with Crippen LogP contribution in [0, 0.1) is 0 Å². The van der Waals surface area contributed by atoms with Crippen molar-refractivity contribution in [1.82, 2.24) is 4.90 Å². The standard InChI is InChI=1S/C16H15NO4S/c1-21-13-6-7-22-14(13)15(18)17-8-10-4-2-3-5-11(10)12(9-17)16(19)20/h2-7,12H,8-9H2,1H3,(H,19,20). The lowest BCUT2D eigenvalue weighted by molar-refractivity contribution is -0.139. The molecule has 3 rings (SSSR count). The molecule has 0 bridgehead atoms. The molecule has 1 atom stereocenters. The van der Waals surface area contributed by atoms with Gasteiger partial charge in [-0.3, -0.25) is 9.59 Å². The Hall–Kier alpha value is -2.34. The molecule has 22 heavy (non-hydrogen) atoms. The van der Waals surface area contributed by atoms with E-state index < -0.39 is 11.9 Å². The van der Waals surface area contributed by atoms with Crippen LogP contribution < -0.4 is 4.74 Å². The number of hydrogen-bond acceptors (Lipinski definition) is 4. The Bertz CT molecular complexity index is 724. The molecule has 1 N–H and O–H groups in total. The molecular formula is C16H15NO4S. The van der Waals surface area contributed by atoms with Gasteiger partial charge >= 0.3 is 5.97 Å². The van der Waals surface area contributed by atoms with Gasteiger partial charge in [0.05, 0.1) is 13.0 Å². The summed E-state index contributed by atoms with van der Waals surface area (Å²) in [5, 5.41) is 11.2. The molecule has 0 fully saturated rings. The lowest BCUT2D eigenvalue weighted by Gasteiger charge is -2.32. The number of methoxy groups -OCH3 is 1. The Morgan fingerprint density at radius 3 is 2.82 bits per heavy atom. The van der Waals surface area contributed by atoms with Gasteiger partial charge in [0.1, 0.15) is 10.6 Å². The van der Waals surface area contributed by atoms with Gasteiger partial charge in [0.25, 0.3) is 5.91 Å². The minimum Gasteiger partial charge on any atom is -0.495 e. The quantitative estimate of drug-likeness (QED) is 0.945. The van der Waals surface area contributed by atoms with Crippen LogP contribution in [-0.2, 0) is 11.3 Å². The van der Waals surface area contributed by atoms with Crippen LogP contribution in [0.2, 0.25) is 0 Å². The summed E-state index contributed by atoms with van der Waals surface area (Å²) < 4.78 is 5.19. The van der Waals surface area contributed by atoms with Crippen molar-refractivity contribution in [2.75, 3.05) is 13.7 Å². The van der Waals surface area contributed by atoms with Gasteiger partial charge in [-0.1, -0.05) is 24.3 Å². The summed E-state index contributed by atoms with van der Waals surface area (Å²) in [6.07, 6.45) is 0. The fourth-order valence-electron chi connectivity index (χ4n) is 2.73. The van der Waals surface area contributed by atoms with Crippen molar-refractivity contribution in [3.63, 3.8) is 0 Å². The third-order valence-corrected chi connectivity index (χ3v) is 4.71. The highest BCUT2D eigenvalue weighted by Crippen LogP contribution is 2.32. The van der Waals surface area contributed by atoms with Crippen LogP contribution in [0.25, 0.3) is 0 Å². The molecule has 114 valence electrons. The van der Waals surface area contributed by atoms with E-state index in [1.807, 2.05) is 24.3 Å². The monoisotopic (exact) mass is 317 g/mol. The maximum Gasteiger partial charge on any atom is 0.312 e. The maximum absolute atomic E-state index is 12.7. The first-order chi connectivity index (χ1) is 10.6. The van der Waals surface area contributed by atoms with E-state index in [-0.39, 0.29) is 12.5 Å². The number of carbonyl (C=O) groups excluding carboxylic acids is 1. The number of carboxylic acids is 1. The Balaban J connectivity index is 1.94. The molecule has 1 aliphatic rings. The second kappa shape index (κ2) is 5.81. The molecule has 0 radical (unpaired) electrons. The number of nitrogens with zero attached hydrogens (tertiary/aromatic N) is 1. The average Bonchev–Trinajstić information content (AvgIpc) is 3.01. The van der Waals surface area contributed by atoms with Gasteiger partial charge in [0.15, 0.2) is 0 Å². The van der Waals surface area contributed by atoms with Crippen LogP contribution in [0.15, 0.2) is 35.7 Å². The fraction of sp³-hybridized carbons (Fsp3) is 0.250. The van der Waals surface area contributed by atoms with E-state index in [9.17, 15) is 14.7 Å². The molecule has 2 heterocycles. The summed E-state index contributed by atoms with van der Waals surface area (Å²) in [5.41, 5.74) is 1.67. The first-order valence-corrected chi connectivity index (χ1v) is 7.71. The second-order valence-electron chi connectivity index (χ2n) is 5.09. The van der Waals surface area contributed by atoms with Crippen molar-refractivity contribution in [3.8, 4) is 5.75 Å². The number of benzene rings is 1. The molecule has 1 amide bonds. The lowest BCUT2D eigenvalue weighted by Crippen LogP contribution is -2.40. The first kappa shape index (κ1) is 14.6. The van der Waals surface area contributed by atoms with Crippen LogP contribution in [0.4, 0.5) is 0 Å². The number of rotatable bonds is 3. The summed E-state index contributed by atoms with van der Waals surface area (Å²) in [6, 6.07) is 9.12. The van der Waals surface area contributed by atoms with Crippen molar-refractivity contribution >= 4 is 23.2 Å². The fourth-order valence-corrected chi connectivity index (χ4v) is 3.56. The Kier molecular flexibility index (Phi) is 3.85. The second-order valence-corrected chi connectivity index (χ2v) is 6.01. The lowest BCUT2D eigenvalue weighted by atomic mass is 9.89. The van der Waals surface area contributed by atoms with Crippen molar-refractivity contribution in [2.24, 2.45) is 0 Å². The summed E-state index contributed by atoms with van der Waals surface area (Å²) in [4.78, 5) is 26.3. The molecule has 0 saturated carbocycles. The molecule has 0 saturated heterocycles. The third-order valence-electron chi connectivity index (χ3n) is 3.82. The topological polar surface area (TPSA) is 66.8 Å². The van der Waals surface area contributed by atoms with Gasteiger partial charge in [-0.25, -0.2) is 0 Å². The number of hydrogen-bond donors (Lipinski definition) is 1. The van der Waals surface area contributed by atoms with E-state index in [1.54, 1.807) is 16.3 Å². The number of ether oxygens (including phenoxy) is 1. The van der Waals surface area contributed by atoms with Crippen LogP contribution in [0.3, 0.4) is 0 Å². The van der Waals surface area contributed by atoms with E-state index >= 15 is 0 Å². The minimum atomic E-state index is -0.914. The number of carboxylic acid groups (broad SMARTS) is 1. The smallest absolute Gasteiger partial charge is 0.312 e. The molecule has 0 aliphatic carbocycles. The summed E-state index contributed by atoms with van der Waals surface area (Å²) in [6.45, 7) is 0.589. The molecule has 5 nitrogen and oxygen atoms in total. The number of amides is 1. The zero-order valence-corrected chi connectivity index (χ0v) is 12.8. The predicted octanol–water partition coefficient (Wildman–Crippen LogP) is 2.58. The van der Waals surface area contributed by atoms with Crippen molar-refractivity contribution in [1.29, 1.82) is 0 Å². The van der Waals surface area contributed by atoms with E-state index in [0.29, 0.717) is 17.2 Å². The molecule has 0 spiro atoms. The maximum atomic E-state index is 12.7. The number of carbonyl (C=O) groups is 2. The van der Waals surface area contributed by atoms with E-state index in [2.05, 4.69) is 0 Å². The Labute approximate surface area is 131 Å². The Morgan fingerprint density at radius 2 is 2.09 bits per heavy atom. The van der Waals surface area contributed by atoms with Gasteiger partial charge < -0.3 is 14.7 Å². The Morgan fingerprint density at radius 1 is 1.32 bits per heavy atom. The van der Waals surface area contributed by atoms with Crippen LogP contribution in [0.1, 0.15) is 26.7 Å². The van der Waals surface area contributed by atoms with E-state index in [0.717, 1.165) is 11.1 Å². The predicted molar refractivity (Wildman–Crippen MR) is 82.4 cm³/mol. The summed E-state index contributed by atoms with van der Waals surface area (Å²) in [5.74, 6) is -1.27. The van der Waals surface area contributed by atoms with Gasteiger partial charge in [-0.2, -0.15) is 0 Å². The zero-order valence-electron chi connectivity index (χ0n) is 12.0. The third kappa shape index (κ3) is 2.46. The first-order valence-electron chi connectivity index (χ1n) is 6.83. The normalized spacial score (nSPS) is 17.0. The number of thiophene rings is 1. The molecule has 1 unspecified atom stereocenters. The molecule has 1 aliphatic heterocycles. The number of fused-ring (bicyclic) bond motifs is 1. The molecule has 1 aromatic heterocycles. The van der Waals surface area contributed by atoms with E-state index in [4.69, 9.17) is 4.74 Å². The largest absolute Gasteiger partial charge is 0.495 e. The van der Waals surface area contributed by atoms with Gasteiger partial charge in [-0.15, -0.1) is 11.3 Å². The highest BCUT2D eigenvalue weighted by Gasteiger charge is 2.33. The molecular weight excluding hydrogens is 302 g/mol. The summed E-state index contributed by atoms with van der Waals surface area (Å²) >= 11 is 1.30. The minimum absolute atomic E-state index is 0.173. The van der Waals surface area contributed by atoms with Crippen LogP contribution >= 0.6 is 11.3 Å². The molecule has 2 aromatic rings.